The Labute approximate surface area is 98.2 Å². The van der Waals surface area contributed by atoms with Crippen LogP contribution in [0, 0.1) is 0 Å². The Morgan fingerprint density at radius 3 is 3.24 bits per heavy atom. The topological polar surface area (TPSA) is 62.5 Å². The fourth-order valence-corrected chi connectivity index (χ4v) is 2.05. The van der Waals surface area contributed by atoms with E-state index in [1.807, 2.05) is 13.0 Å². The number of aromatic nitrogens is 3. The van der Waals surface area contributed by atoms with Crippen LogP contribution in [-0.2, 0) is 6.54 Å². The van der Waals surface area contributed by atoms with E-state index in [1.54, 1.807) is 28.0 Å². The van der Waals surface area contributed by atoms with Crippen molar-refractivity contribution in [3.8, 4) is 0 Å². The van der Waals surface area contributed by atoms with E-state index in [1.165, 1.54) is 0 Å². The predicted molar refractivity (Wildman–Crippen MR) is 61.4 cm³/mol. The zero-order valence-electron chi connectivity index (χ0n) is 9.50. The van der Waals surface area contributed by atoms with Crippen LogP contribution < -0.4 is 5.32 Å². The van der Waals surface area contributed by atoms with Crippen LogP contribution in [0.15, 0.2) is 24.7 Å². The Kier molecular flexibility index (Phi) is 2.21. The largest absolute Gasteiger partial charge is 0.334 e. The molecule has 0 aliphatic carbocycles. The number of imidazole rings is 1. The summed E-state index contributed by atoms with van der Waals surface area (Å²) in [4.78, 5) is 17.5. The van der Waals surface area contributed by atoms with Crippen LogP contribution in [0.2, 0.25) is 0 Å². The maximum Gasteiger partial charge on any atom is 0.318 e. The van der Waals surface area contributed by atoms with Crippen molar-refractivity contribution >= 4 is 11.7 Å². The molecule has 6 nitrogen and oxygen atoms in total. The number of hydrogen-bond donors (Lipinski definition) is 1. The Morgan fingerprint density at radius 2 is 2.47 bits per heavy atom. The molecule has 3 heterocycles. The summed E-state index contributed by atoms with van der Waals surface area (Å²) in [5.41, 5.74) is 1.79. The van der Waals surface area contributed by atoms with Gasteiger partial charge >= 0.3 is 6.03 Å². The van der Waals surface area contributed by atoms with Crippen molar-refractivity contribution in [3.63, 3.8) is 0 Å². The summed E-state index contributed by atoms with van der Waals surface area (Å²) in [5, 5.41) is 7.09. The second kappa shape index (κ2) is 3.73. The summed E-state index contributed by atoms with van der Waals surface area (Å²) in [6, 6.07) is 2.15. The molecular weight excluding hydrogens is 218 g/mol. The molecule has 2 aromatic rings. The molecule has 1 N–H and O–H groups in total. The van der Waals surface area contributed by atoms with Gasteiger partial charge in [-0.1, -0.05) is 0 Å². The van der Waals surface area contributed by atoms with Gasteiger partial charge in [-0.2, -0.15) is 5.10 Å². The molecule has 1 saturated heterocycles. The number of urea groups is 1. The zero-order chi connectivity index (χ0) is 11.8. The van der Waals surface area contributed by atoms with Crippen molar-refractivity contribution in [2.24, 2.45) is 0 Å². The Hall–Kier alpha value is -2.11. The van der Waals surface area contributed by atoms with Crippen molar-refractivity contribution in [1.29, 1.82) is 0 Å². The summed E-state index contributed by atoms with van der Waals surface area (Å²) >= 11 is 0. The van der Waals surface area contributed by atoms with E-state index in [4.69, 9.17) is 0 Å². The summed E-state index contributed by atoms with van der Waals surface area (Å²) < 4.78 is 1.70. The molecule has 6 heteroatoms. The lowest BCUT2D eigenvalue weighted by molar-refractivity contribution is 0.215. The monoisotopic (exact) mass is 231 g/mol. The van der Waals surface area contributed by atoms with Crippen LogP contribution in [0.5, 0.6) is 0 Å². The second-order valence-electron chi connectivity index (χ2n) is 4.32. The molecular formula is C11H13N5O. The van der Waals surface area contributed by atoms with Crippen LogP contribution in [0.4, 0.5) is 4.79 Å². The first-order valence-electron chi connectivity index (χ1n) is 5.56. The molecule has 0 saturated carbocycles. The first kappa shape index (κ1) is 10.1. The number of nitrogens with zero attached hydrogens (tertiary/aromatic N) is 4. The second-order valence-corrected chi connectivity index (χ2v) is 4.32. The van der Waals surface area contributed by atoms with Gasteiger partial charge in [-0.25, -0.2) is 14.3 Å². The lowest BCUT2D eigenvalue weighted by Crippen LogP contribution is -2.28. The maximum absolute atomic E-state index is 11.6. The molecule has 0 bridgehead atoms. The van der Waals surface area contributed by atoms with Gasteiger partial charge in [0.25, 0.3) is 0 Å². The normalized spacial score (nSPS) is 19.9. The molecule has 0 aromatic carbocycles. The van der Waals surface area contributed by atoms with Crippen LogP contribution in [0.25, 0.3) is 5.65 Å². The van der Waals surface area contributed by atoms with Crippen molar-refractivity contribution < 1.29 is 4.79 Å². The Balaban J connectivity index is 1.82. The van der Waals surface area contributed by atoms with Crippen LogP contribution in [0.1, 0.15) is 12.5 Å². The van der Waals surface area contributed by atoms with E-state index in [0.29, 0.717) is 6.54 Å². The number of hydrogen-bond acceptors (Lipinski definition) is 3. The molecule has 1 fully saturated rings. The summed E-state index contributed by atoms with van der Waals surface area (Å²) in [7, 11) is 0. The van der Waals surface area contributed by atoms with Gasteiger partial charge in [0.15, 0.2) is 5.65 Å². The van der Waals surface area contributed by atoms with Crippen molar-refractivity contribution in [2.75, 3.05) is 6.54 Å². The minimum atomic E-state index is -0.0132. The molecule has 1 unspecified atom stereocenters. The fourth-order valence-electron chi connectivity index (χ4n) is 2.05. The van der Waals surface area contributed by atoms with Gasteiger partial charge in [0.1, 0.15) is 0 Å². The highest BCUT2D eigenvalue weighted by Crippen LogP contribution is 2.10. The molecule has 0 spiro atoms. The van der Waals surface area contributed by atoms with E-state index in [-0.39, 0.29) is 12.1 Å². The number of fused-ring (bicyclic) bond motifs is 1. The quantitative estimate of drug-likeness (QED) is 0.825. The van der Waals surface area contributed by atoms with Crippen molar-refractivity contribution in [1.82, 2.24) is 24.8 Å². The van der Waals surface area contributed by atoms with Gasteiger partial charge in [0.2, 0.25) is 0 Å². The molecule has 3 rings (SSSR count). The third-order valence-corrected chi connectivity index (χ3v) is 2.84. The highest BCUT2D eigenvalue weighted by atomic mass is 16.2. The average molecular weight is 231 g/mol. The van der Waals surface area contributed by atoms with Gasteiger partial charge < -0.3 is 10.2 Å². The number of carbonyl (C=O) groups excluding carboxylic acids is 1. The fraction of sp³-hybridized carbons (Fsp3) is 0.364. The lowest BCUT2D eigenvalue weighted by Gasteiger charge is -2.13. The minimum Gasteiger partial charge on any atom is -0.334 e. The van der Waals surface area contributed by atoms with Gasteiger partial charge in [0, 0.05) is 31.5 Å². The minimum absolute atomic E-state index is 0.0132. The molecule has 2 amide bonds. The lowest BCUT2D eigenvalue weighted by atomic mass is 10.3. The van der Waals surface area contributed by atoms with E-state index in [2.05, 4.69) is 15.4 Å². The van der Waals surface area contributed by atoms with Crippen molar-refractivity contribution in [3.05, 3.63) is 30.2 Å². The number of amides is 2. The van der Waals surface area contributed by atoms with E-state index in [9.17, 15) is 4.79 Å². The number of carbonyl (C=O) groups is 1. The van der Waals surface area contributed by atoms with Gasteiger partial charge in [0.05, 0.1) is 6.20 Å². The highest BCUT2D eigenvalue weighted by molar-refractivity contribution is 5.76. The SMILES string of the molecule is CC1CN(Cc2cnn3ccnc3c2)C(=O)N1. The number of rotatable bonds is 2. The van der Waals surface area contributed by atoms with Gasteiger partial charge in [-0.15, -0.1) is 0 Å². The van der Waals surface area contributed by atoms with E-state index < -0.39 is 0 Å². The van der Waals surface area contributed by atoms with E-state index in [0.717, 1.165) is 17.8 Å². The molecule has 1 aliphatic rings. The maximum atomic E-state index is 11.6. The third-order valence-electron chi connectivity index (χ3n) is 2.84. The van der Waals surface area contributed by atoms with E-state index >= 15 is 0 Å². The Bertz CT molecular complexity index is 564. The standard InChI is InChI=1S/C11H13N5O/c1-8-6-15(11(17)14-8)7-9-4-10-12-2-3-16(10)13-5-9/h2-5,8H,6-7H2,1H3,(H,14,17). The molecule has 2 aromatic heterocycles. The van der Waals surface area contributed by atoms with Gasteiger partial charge in [-0.3, -0.25) is 0 Å². The Morgan fingerprint density at radius 1 is 1.59 bits per heavy atom. The summed E-state index contributed by atoms with van der Waals surface area (Å²) in [6.45, 7) is 3.30. The summed E-state index contributed by atoms with van der Waals surface area (Å²) in [5.74, 6) is 0. The average Bonchev–Trinajstić information content (AvgIpc) is 2.85. The first-order chi connectivity index (χ1) is 8.22. The molecule has 1 aliphatic heterocycles. The number of nitrogens with one attached hydrogen (secondary N) is 1. The molecule has 0 radical (unpaired) electrons. The molecule has 88 valence electrons. The molecule has 1 atom stereocenters. The molecule has 17 heavy (non-hydrogen) atoms. The smallest absolute Gasteiger partial charge is 0.318 e. The summed E-state index contributed by atoms with van der Waals surface area (Å²) in [6.07, 6.45) is 5.27. The third kappa shape index (κ3) is 1.82. The van der Waals surface area contributed by atoms with Crippen LogP contribution >= 0.6 is 0 Å². The predicted octanol–water partition coefficient (Wildman–Crippen LogP) is 0.643. The van der Waals surface area contributed by atoms with Gasteiger partial charge in [-0.05, 0) is 18.6 Å². The zero-order valence-corrected chi connectivity index (χ0v) is 9.50. The van der Waals surface area contributed by atoms with Crippen molar-refractivity contribution in [2.45, 2.75) is 19.5 Å². The first-order valence-corrected chi connectivity index (χ1v) is 5.56. The highest BCUT2D eigenvalue weighted by Gasteiger charge is 2.25. The van der Waals surface area contributed by atoms with Crippen LogP contribution in [-0.4, -0.2) is 38.1 Å². The van der Waals surface area contributed by atoms with Crippen LogP contribution in [0.3, 0.4) is 0 Å².